The Balaban J connectivity index is 1.03. The van der Waals surface area contributed by atoms with Gasteiger partial charge < -0.3 is 13.7 Å². The molecule has 0 bridgehead atoms. The summed E-state index contributed by atoms with van der Waals surface area (Å²) in [4.78, 5) is 7.28. The van der Waals surface area contributed by atoms with E-state index >= 15 is 0 Å². The molecule has 0 atom stereocenters. The quantitative estimate of drug-likeness (QED) is 0.175. The smallest absolute Gasteiger partial charge is 0.227 e. The van der Waals surface area contributed by atoms with Crippen LogP contribution in [0.5, 0.6) is 0 Å². The van der Waals surface area contributed by atoms with E-state index in [0.717, 1.165) is 66.8 Å². The molecule has 4 nitrogen and oxygen atoms in total. The minimum absolute atomic E-state index is 0.130. The molecule has 0 spiro atoms. The Morgan fingerprint density at radius 2 is 1.10 bits per heavy atom. The van der Waals surface area contributed by atoms with Crippen molar-refractivity contribution in [2.24, 2.45) is 0 Å². The van der Waals surface area contributed by atoms with E-state index < -0.39 is 0 Å². The number of anilines is 3. The summed E-state index contributed by atoms with van der Waals surface area (Å²) >= 11 is 0. The Morgan fingerprint density at radius 3 is 1.95 bits per heavy atom. The van der Waals surface area contributed by atoms with E-state index in [1.807, 2.05) is 42.5 Å². The lowest BCUT2D eigenvalue weighted by Crippen LogP contribution is -2.17. The highest BCUT2D eigenvalue weighted by Gasteiger charge is 2.39. The lowest BCUT2D eigenvalue weighted by atomic mass is 9.82. The Bertz CT molecular complexity index is 3350. The largest absolute Gasteiger partial charge is 0.456 e. The van der Waals surface area contributed by atoms with Crippen LogP contribution in [0.1, 0.15) is 49.9 Å². The van der Waals surface area contributed by atoms with Crippen molar-refractivity contribution in [3.63, 3.8) is 0 Å². The first kappa shape index (κ1) is 33.9. The van der Waals surface area contributed by atoms with Crippen LogP contribution in [0.4, 0.5) is 17.1 Å². The molecule has 2 aliphatic rings. The summed E-state index contributed by atoms with van der Waals surface area (Å²) < 4.78 is 13.2. The normalized spacial score (nSPS) is 14.4. The highest BCUT2D eigenvalue weighted by molar-refractivity contribution is 6.09. The third-order valence-corrected chi connectivity index (χ3v) is 13.1. The second-order valence-corrected chi connectivity index (χ2v) is 17.1. The summed E-state index contributed by atoms with van der Waals surface area (Å²) in [5.74, 6) is 0.618. The minimum atomic E-state index is -0.139. The van der Waals surface area contributed by atoms with Gasteiger partial charge in [0.2, 0.25) is 5.89 Å². The van der Waals surface area contributed by atoms with Gasteiger partial charge in [-0.3, -0.25) is 0 Å². The first-order valence-electron chi connectivity index (χ1n) is 20.5. The summed E-state index contributed by atoms with van der Waals surface area (Å²) in [7, 11) is 0. The van der Waals surface area contributed by atoms with Gasteiger partial charge in [-0.05, 0) is 105 Å². The molecule has 0 amide bonds. The number of para-hydroxylation sites is 1. The van der Waals surface area contributed by atoms with Gasteiger partial charge >= 0.3 is 0 Å². The SMILES string of the molecule is CC1(C)c2ccccc2-c2ccc(N(c3ccc4c(c3)oc3ccc(-c5cccc6nc(-c7ccccc7)oc56)cc34)c3cccc4c3-c3ccccc3C4(C)C)cc21. The second-order valence-electron chi connectivity index (χ2n) is 17.1. The van der Waals surface area contributed by atoms with Gasteiger partial charge in [0.15, 0.2) is 5.58 Å². The van der Waals surface area contributed by atoms with Crippen molar-refractivity contribution in [3.05, 3.63) is 192 Å². The number of benzene rings is 8. The fraction of sp³-hybridized carbons (Fsp3) is 0.109. The van der Waals surface area contributed by atoms with Gasteiger partial charge in [0.25, 0.3) is 0 Å². The zero-order valence-corrected chi connectivity index (χ0v) is 33.4. The number of hydrogen-bond donors (Lipinski definition) is 0. The Morgan fingerprint density at radius 1 is 0.441 bits per heavy atom. The molecule has 0 aliphatic heterocycles. The number of fused-ring (bicyclic) bond motifs is 10. The molecule has 2 aromatic heterocycles. The van der Waals surface area contributed by atoms with Crippen LogP contribution in [0.3, 0.4) is 0 Å². The maximum absolute atomic E-state index is 6.72. The van der Waals surface area contributed by atoms with Crippen molar-refractivity contribution in [1.82, 2.24) is 4.98 Å². The van der Waals surface area contributed by atoms with Crippen molar-refractivity contribution in [1.29, 1.82) is 0 Å². The first-order chi connectivity index (χ1) is 28.8. The molecular weight excluding hydrogens is 721 g/mol. The molecule has 10 aromatic rings. The maximum Gasteiger partial charge on any atom is 0.227 e. The van der Waals surface area contributed by atoms with Crippen LogP contribution in [0.2, 0.25) is 0 Å². The number of oxazole rings is 1. The Labute approximate surface area is 343 Å². The molecular formula is C55H40N2O2. The molecule has 8 aromatic carbocycles. The zero-order chi connectivity index (χ0) is 39.6. The fourth-order valence-corrected chi connectivity index (χ4v) is 10.1. The van der Waals surface area contributed by atoms with Crippen molar-refractivity contribution in [2.75, 3.05) is 4.90 Å². The van der Waals surface area contributed by atoms with Crippen LogP contribution in [-0.2, 0) is 10.8 Å². The van der Waals surface area contributed by atoms with Crippen LogP contribution in [0.15, 0.2) is 179 Å². The molecule has 0 saturated heterocycles. The molecule has 0 unspecified atom stereocenters. The molecule has 4 heteroatoms. The van der Waals surface area contributed by atoms with Crippen LogP contribution < -0.4 is 4.90 Å². The van der Waals surface area contributed by atoms with E-state index in [4.69, 9.17) is 13.8 Å². The molecule has 2 heterocycles. The van der Waals surface area contributed by atoms with E-state index in [1.54, 1.807) is 0 Å². The van der Waals surface area contributed by atoms with E-state index in [-0.39, 0.29) is 10.8 Å². The van der Waals surface area contributed by atoms with E-state index in [9.17, 15) is 0 Å². The summed E-state index contributed by atoms with van der Waals surface area (Å²) in [5, 5.41) is 2.12. The number of furan rings is 1. The molecule has 0 N–H and O–H groups in total. The average molecular weight is 761 g/mol. The average Bonchev–Trinajstić information content (AvgIpc) is 3.99. The minimum Gasteiger partial charge on any atom is -0.456 e. The van der Waals surface area contributed by atoms with Crippen molar-refractivity contribution in [3.8, 4) is 44.8 Å². The van der Waals surface area contributed by atoms with Gasteiger partial charge in [0.05, 0.1) is 5.69 Å². The predicted molar refractivity (Wildman–Crippen MR) is 242 cm³/mol. The first-order valence-corrected chi connectivity index (χ1v) is 20.5. The van der Waals surface area contributed by atoms with Crippen molar-refractivity contribution in [2.45, 2.75) is 38.5 Å². The monoisotopic (exact) mass is 760 g/mol. The second kappa shape index (κ2) is 12.2. The third kappa shape index (κ3) is 4.87. The summed E-state index contributed by atoms with van der Waals surface area (Å²) in [6, 6.07) is 61.0. The number of rotatable bonds is 5. The number of nitrogens with zero attached hydrogens (tertiary/aromatic N) is 2. The van der Waals surface area contributed by atoms with Crippen molar-refractivity contribution < 1.29 is 8.83 Å². The Kier molecular flexibility index (Phi) is 7.00. The molecule has 0 saturated carbocycles. The highest BCUT2D eigenvalue weighted by Crippen LogP contribution is 2.56. The molecule has 2 aliphatic carbocycles. The van der Waals surface area contributed by atoms with Crippen LogP contribution in [0, 0.1) is 0 Å². The summed E-state index contributed by atoms with van der Waals surface area (Å²) in [5.41, 5.74) is 19.9. The fourth-order valence-electron chi connectivity index (χ4n) is 10.1. The standard InChI is InChI=1S/C55H40N2O2/c1-54(2)44-20-11-9-17-41(44)51-45(54)21-13-23-48(51)57(35-25-27-39-38-16-8-10-19-43(38)55(3,4)46(39)31-35)36-26-28-40-42-30-34(24-29-49(42)58-50(40)32-36)37-18-12-22-47-52(37)59-53(56-47)33-14-6-5-7-15-33/h5-32H,1-4H3. The molecule has 59 heavy (non-hydrogen) atoms. The van der Waals surface area contributed by atoms with Gasteiger partial charge in [-0.1, -0.05) is 131 Å². The van der Waals surface area contributed by atoms with E-state index in [1.165, 1.54) is 44.5 Å². The lowest BCUT2D eigenvalue weighted by Gasteiger charge is -2.30. The van der Waals surface area contributed by atoms with Gasteiger partial charge in [-0.2, -0.15) is 0 Å². The van der Waals surface area contributed by atoms with Crippen LogP contribution in [-0.4, -0.2) is 4.98 Å². The highest BCUT2D eigenvalue weighted by atomic mass is 16.3. The van der Waals surface area contributed by atoms with Crippen molar-refractivity contribution >= 4 is 50.1 Å². The summed E-state index contributed by atoms with van der Waals surface area (Å²) in [6.45, 7) is 9.40. The maximum atomic E-state index is 6.72. The molecule has 12 rings (SSSR count). The molecule has 0 fully saturated rings. The van der Waals surface area contributed by atoms with Gasteiger partial charge in [0, 0.05) is 55.7 Å². The van der Waals surface area contributed by atoms with Gasteiger partial charge in [-0.25, -0.2) is 4.98 Å². The topological polar surface area (TPSA) is 42.4 Å². The van der Waals surface area contributed by atoms with Crippen LogP contribution in [0.25, 0.3) is 77.9 Å². The van der Waals surface area contributed by atoms with Gasteiger partial charge in [-0.15, -0.1) is 0 Å². The zero-order valence-electron chi connectivity index (χ0n) is 33.4. The lowest BCUT2D eigenvalue weighted by molar-refractivity contribution is 0.621. The molecule has 0 radical (unpaired) electrons. The number of hydrogen-bond acceptors (Lipinski definition) is 4. The van der Waals surface area contributed by atoms with E-state index in [2.05, 4.69) is 160 Å². The van der Waals surface area contributed by atoms with Crippen LogP contribution >= 0.6 is 0 Å². The summed E-state index contributed by atoms with van der Waals surface area (Å²) in [6.07, 6.45) is 0. The molecule has 282 valence electrons. The number of aromatic nitrogens is 1. The predicted octanol–water partition coefficient (Wildman–Crippen LogP) is 15.1. The Hall–Kier alpha value is -7.17. The van der Waals surface area contributed by atoms with Gasteiger partial charge in [0.1, 0.15) is 16.7 Å². The van der Waals surface area contributed by atoms with E-state index in [0.29, 0.717) is 5.89 Å². The third-order valence-electron chi connectivity index (χ3n) is 13.1.